The molecule has 0 saturated heterocycles. The molecule has 11 nitrogen and oxygen atoms in total. The molecule has 1 aliphatic rings. The lowest BCUT2D eigenvalue weighted by atomic mass is 9.94. The number of nitrogens with zero attached hydrogens (tertiary/aromatic N) is 5. The van der Waals surface area contributed by atoms with Crippen LogP contribution in [0.3, 0.4) is 0 Å². The van der Waals surface area contributed by atoms with Crippen molar-refractivity contribution in [2.24, 2.45) is 5.92 Å². The molecule has 1 N–H and O–H groups in total. The molecule has 0 saturated carbocycles. The van der Waals surface area contributed by atoms with E-state index < -0.39 is 17.9 Å². The van der Waals surface area contributed by atoms with Crippen LogP contribution in [-0.4, -0.2) is 55.1 Å². The van der Waals surface area contributed by atoms with E-state index in [9.17, 15) is 14.4 Å². The van der Waals surface area contributed by atoms with Crippen molar-refractivity contribution in [1.82, 2.24) is 30.0 Å². The first kappa shape index (κ1) is 30.9. The first-order valence-electron chi connectivity index (χ1n) is 15.5. The van der Waals surface area contributed by atoms with Gasteiger partial charge in [0.1, 0.15) is 0 Å². The number of carbonyl (C=O) groups is 2. The molecule has 0 bridgehead atoms. The van der Waals surface area contributed by atoms with Crippen LogP contribution in [0, 0.1) is 5.92 Å². The molecule has 1 aliphatic heterocycles. The second-order valence-corrected chi connectivity index (χ2v) is 11.2. The van der Waals surface area contributed by atoms with E-state index in [-0.39, 0.29) is 37.3 Å². The predicted molar refractivity (Wildman–Crippen MR) is 165 cm³/mol. The van der Waals surface area contributed by atoms with E-state index in [4.69, 9.17) is 9.47 Å². The molecule has 2 unspecified atom stereocenters. The molecule has 44 heavy (non-hydrogen) atoms. The van der Waals surface area contributed by atoms with Gasteiger partial charge in [0, 0.05) is 29.3 Å². The molecule has 0 amide bonds. The Morgan fingerprint density at radius 2 is 1.64 bits per heavy atom. The summed E-state index contributed by atoms with van der Waals surface area (Å²) >= 11 is 0. The summed E-state index contributed by atoms with van der Waals surface area (Å²) in [5.74, 6) is -1.76. The van der Waals surface area contributed by atoms with Crippen LogP contribution in [0.4, 0.5) is 0 Å². The molecule has 0 aliphatic carbocycles. The van der Waals surface area contributed by atoms with Crippen molar-refractivity contribution in [3.05, 3.63) is 75.7 Å². The third-order valence-corrected chi connectivity index (χ3v) is 8.30. The van der Waals surface area contributed by atoms with Gasteiger partial charge < -0.3 is 9.47 Å². The van der Waals surface area contributed by atoms with Gasteiger partial charge in [-0.1, -0.05) is 61.9 Å². The van der Waals surface area contributed by atoms with Gasteiger partial charge >= 0.3 is 11.9 Å². The normalized spacial score (nSPS) is 16.1. The molecule has 3 heterocycles. The topological polar surface area (TPSA) is 134 Å². The van der Waals surface area contributed by atoms with Crippen LogP contribution < -0.4 is 5.56 Å². The molecule has 2 atom stereocenters. The summed E-state index contributed by atoms with van der Waals surface area (Å²) in [6.07, 6.45) is 3.79. The van der Waals surface area contributed by atoms with Crippen LogP contribution in [-0.2, 0) is 31.9 Å². The van der Waals surface area contributed by atoms with Gasteiger partial charge in [0.2, 0.25) is 5.82 Å². The van der Waals surface area contributed by atoms with Gasteiger partial charge in [-0.2, -0.15) is 5.21 Å². The highest BCUT2D eigenvalue weighted by Gasteiger charge is 2.37. The maximum absolute atomic E-state index is 14.2. The predicted octanol–water partition coefficient (Wildman–Crippen LogP) is 5.07. The smallest absolute Gasteiger partial charge is 0.320 e. The largest absolute Gasteiger partial charge is 0.465 e. The highest BCUT2D eigenvalue weighted by atomic mass is 16.6. The van der Waals surface area contributed by atoms with Crippen molar-refractivity contribution in [1.29, 1.82) is 0 Å². The Balaban J connectivity index is 1.48. The van der Waals surface area contributed by atoms with Crippen molar-refractivity contribution < 1.29 is 19.1 Å². The lowest BCUT2D eigenvalue weighted by Crippen LogP contribution is -2.38. The van der Waals surface area contributed by atoms with Crippen molar-refractivity contribution in [2.45, 2.75) is 78.3 Å². The number of nitrogens with one attached hydrogen (secondary N) is 1. The van der Waals surface area contributed by atoms with Crippen molar-refractivity contribution >= 4 is 11.9 Å². The Morgan fingerprint density at radius 3 is 2.25 bits per heavy atom. The highest BCUT2D eigenvalue weighted by molar-refractivity contribution is 5.95. The third kappa shape index (κ3) is 6.22. The van der Waals surface area contributed by atoms with E-state index in [1.807, 2.05) is 24.3 Å². The fraction of sp³-hybridized carbons (Fsp3) is 0.455. The number of ether oxygens (including phenoxy) is 2. The summed E-state index contributed by atoms with van der Waals surface area (Å²) < 4.78 is 14.4. The van der Waals surface area contributed by atoms with Gasteiger partial charge in [-0.3, -0.25) is 19.1 Å². The average molecular weight is 601 g/mol. The van der Waals surface area contributed by atoms with E-state index >= 15 is 0 Å². The zero-order chi connectivity index (χ0) is 31.2. The average Bonchev–Trinajstić information content (AvgIpc) is 3.66. The van der Waals surface area contributed by atoms with E-state index in [1.165, 1.54) is 0 Å². The van der Waals surface area contributed by atoms with Crippen LogP contribution in [0.25, 0.3) is 22.5 Å². The zero-order valence-electron chi connectivity index (χ0n) is 25.8. The Hall–Kier alpha value is -4.54. The Labute approximate surface area is 256 Å². The van der Waals surface area contributed by atoms with Gasteiger partial charge in [0.15, 0.2) is 5.92 Å². The molecule has 11 heteroatoms. The fourth-order valence-electron chi connectivity index (χ4n) is 6.28. The summed E-state index contributed by atoms with van der Waals surface area (Å²) in [6, 6.07) is 15.9. The van der Waals surface area contributed by atoms with Crippen molar-refractivity contribution in [3.63, 3.8) is 0 Å². The minimum absolute atomic E-state index is 0.0667. The minimum atomic E-state index is -1.08. The number of hydrogen-bond acceptors (Lipinski definition) is 8. The van der Waals surface area contributed by atoms with Crippen LogP contribution >= 0.6 is 0 Å². The SMILES string of the molecule is CCCc1c(Cc2ccc(-c3ccccc3-c3nn[nH]n3)cc2)c(=O)n2n1C(C)CCC2CC(C(=O)OCC)C(=O)OCC. The number of hydrogen-bond donors (Lipinski definition) is 1. The molecular formula is C33H40N6O5. The first-order chi connectivity index (χ1) is 21.4. The molecule has 232 valence electrons. The van der Waals surface area contributed by atoms with Crippen molar-refractivity contribution in [3.8, 4) is 22.5 Å². The number of esters is 2. The van der Waals surface area contributed by atoms with E-state index in [1.54, 1.807) is 18.5 Å². The Bertz CT molecular complexity index is 1620. The second-order valence-electron chi connectivity index (χ2n) is 11.2. The van der Waals surface area contributed by atoms with Gasteiger partial charge in [-0.05, 0) is 68.4 Å². The van der Waals surface area contributed by atoms with Crippen LogP contribution in [0.5, 0.6) is 0 Å². The summed E-state index contributed by atoms with van der Waals surface area (Å²) in [6.45, 7) is 7.98. The summed E-state index contributed by atoms with van der Waals surface area (Å²) in [7, 11) is 0. The Kier molecular flexibility index (Phi) is 9.72. The minimum Gasteiger partial charge on any atom is -0.465 e. The number of benzene rings is 2. The van der Waals surface area contributed by atoms with E-state index in [0.717, 1.165) is 52.8 Å². The van der Waals surface area contributed by atoms with Gasteiger partial charge in [-0.25, -0.2) is 4.68 Å². The maximum Gasteiger partial charge on any atom is 0.320 e. The van der Waals surface area contributed by atoms with Crippen LogP contribution in [0.15, 0.2) is 53.3 Å². The highest BCUT2D eigenvalue weighted by Crippen LogP contribution is 2.35. The summed E-state index contributed by atoms with van der Waals surface area (Å²) in [5.41, 5.74) is 5.60. The van der Waals surface area contributed by atoms with Crippen molar-refractivity contribution in [2.75, 3.05) is 13.2 Å². The lowest BCUT2D eigenvalue weighted by molar-refractivity contribution is -0.162. The zero-order valence-corrected chi connectivity index (χ0v) is 25.8. The molecule has 5 rings (SSSR count). The number of tetrazole rings is 1. The molecule has 0 radical (unpaired) electrons. The van der Waals surface area contributed by atoms with Gasteiger partial charge in [0.25, 0.3) is 5.56 Å². The summed E-state index contributed by atoms with van der Waals surface area (Å²) in [4.78, 5) is 39.8. The van der Waals surface area contributed by atoms with Gasteiger partial charge in [0.05, 0.1) is 19.3 Å². The number of fused-ring (bicyclic) bond motifs is 1. The van der Waals surface area contributed by atoms with E-state index in [2.05, 4.69) is 63.4 Å². The molecule has 4 aromatic rings. The fourth-order valence-corrected chi connectivity index (χ4v) is 6.28. The van der Waals surface area contributed by atoms with Gasteiger partial charge in [-0.15, -0.1) is 10.2 Å². The lowest BCUT2D eigenvalue weighted by Gasteiger charge is -2.33. The number of rotatable bonds is 12. The number of H-pyrrole nitrogens is 1. The maximum atomic E-state index is 14.2. The monoisotopic (exact) mass is 600 g/mol. The standard InChI is InChI=1S/C33H40N6O5/c1-5-10-29-27(19-22-14-16-23(17-15-22)25-11-8-9-12-26(25)30-34-36-37-35-30)31(40)39-24(18-13-21(4)38(29)39)20-28(32(41)43-6-2)33(42)44-7-3/h8-9,11-12,14-17,21,24,28H,5-7,10,13,18-20H2,1-4H3,(H,34,35,36,37). The number of carbonyl (C=O) groups excluding carboxylic acids is 2. The number of aromatic amines is 1. The number of aromatic nitrogens is 6. The van der Waals surface area contributed by atoms with E-state index in [0.29, 0.717) is 18.7 Å². The van der Waals surface area contributed by atoms with Crippen LogP contribution in [0.2, 0.25) is 0 Å². The van der Waals surface area contributed by atoms with Crippen LogP contribution in [0.1, 0.15) is 82.3 Å². The Morgan fingerprint density at radius 1 is 0.955 bits per heavy atom. The third-order valence-electron chi connectivity index (χ3n) is 8.30. The molecule has 2 aromatic heterocycles. The summed E-state index contributed by atoms with van der Waals surface area (Å²) in [5, 5.41) is 14.5. The molecular weight excluding hydrogens is 560 g/mol. The quantitative estimate of drug-likeness (QED) is 0.176. The molecule has 0 spiro atoms. The molecule has 2 aromatic carbocycles. The second kappa shape index (κ2) is 13.8. The molecule has 0 fully saturated rings. The first-order valence-corrected chi connectivity index (χ1v) is 15.5.